The Hall–Kier alpha value is -0.710. The van der Waals surface area contributed by atoms with Gasteiger partial charge in [0.1, 0.15) is 0 Å². The highest BCUT2D eigenvalue weighted by Gasteiger charge is 2.12. The molecule has 0 aromatic heterocycles. The van der Waals surface area contributed by atoms with E-state index in [1.54, 1.807) is 0 Å². The Bertz CT molecular complexity index is 358. The maximum absolute atomic E-state index is 8.97. The van der Waals surface area contributed by atoms with Crippen molar-refractivity contribution < 1.29 is 5.11 Å². The second-order valence-corrected chi connectivity index (χ2v) is 5.35. The van der Waals surface area contributed by atoms with Gasteiger partial charge in [-0.25, -0.2) is 0 Å². The van der Waals surface area contributed by atoms with Crippen molar-refractivity contribution in [2.75, 3.05) is 30.3 Å². The van der Waals surface area contributed by atoms with Crippen LogP contribution < -0.4 is 10.6 Å². The molecule has 0 heterocycles. The maximum atomic E-state index is 8.97. The highest BCUT2D eigenvalue weighted by atomic mass is 32.2. The fraction of sp³-hybridized carbons (Fsp3) is 0.571. The fourth-order valence-corrected chi connectivity index (χ4v) is 2.90. The van der Waals surface area contributed by atoms with Crippen molar-refractivity contribution in [2.24, 2.45) is 5.73 Å². The van der Waals surface area contributed by atoms with Crippen LogP contribution in [0.5, 0.6) is 0 Å². The van der Waals surface area contributed by atoms with E-state index in [1.165, 1.54) is 16.1 Å². The molecule has 4 heteroatoms. The molecular weight excluding hydrogens is 244 g/mol. The monoisotopic (exact) mass is 268 g/mol. The predicted octanol–water partition coefficient (Wildman–Crippen LogP) is 2.47. The molecule has 0 aliphatic carbocycles. The molecule has 0 saturated heterocycles. The van der Waals surface area contributed by atoms with Crippen LogP contribution in [0.25, 0.3) is 0 Å². The summed E-state index contributed by atoms with van der Waals surface area (Å²) >= 11 is 1.84. The average Bonchev–Trinajstić information content (AvgIpc) is 2.40. The molecule has 1 aromatic rings. The van der Waals surface area contributed by atoms with E-state index in [-0.39, 0.29) is 6.61 Å². The van der Waals surface area contributed by atoms with Gasteiger partial charge in [-0.2, -0.15) is 0 Å². The van der Waals surface area contributed by atoms with Gasteiger partial charge in [0.05, 0.1) is 0 Å². The molecule has 0 aliphatic rings. The minimum atomic E-state index is 0.234. The van der Waals surface area contributed by atoms with Gasteiger partial charge >= 0.3 is 0 Å². The van der Waals surface area contributed by atoms with E-state index >= 15 is 0 Å². The molecule has 1 aromatic carbocycles. The first-order valence-electron chi connectivity index (χ1n) is 6.59. The summed E-state index contributed by atoms with van der Waals surface area (Å²) in [5.74, 6) is 1.05. The molecule has 0 saturated carbocycles. The molecule has 1 rings (SSSR count). The molecular formula is C14H24N2OS. The Balaban J connectivity index is 3.00. The molecule has 0 aliphatic heterocycles. The normalized spacial score (nSPS) is 10.7. The summed E-state index contributed by atoms with van der Waals surface area (Å²) in [6, 6.07) is 6.36. The summed E-state index contributed by atoms with van der Waals surface area (Å²) < 4.78 is 0. The van der Waals surface area contributed by atoms with Gasteiger partial charge in [0.2, 0.25) is 0 Å². The van der Waals surface area contributed by atoms with Crippen LogP contribution in [0.15, 0.2) is 23.1 Å². The van der Waals surface area contributed by atoms with Crippen LogP contribution in [0.1, 0.15) is 25.8 Å². The summed E-state index contributed by atoms with van der Waals surface area (Å²) in [7, 11) is 0. The van der Waals surface area contributed by atoms with Crippen LogP contribution in [0, 0.1) is 0 Å². The smallest absolute Gasteiger partial charge is 0.0447 e. The van der Waals surface area contributed by atoms with Gasteiger partial charge in [-0.1, -0.05) is 13.0 Å². The van der Waals surface area contributed by atoms with E-state index in [1.807, 2.05) is 11.8 Å². The van der Waals surface area contributed by atoms with Gasteiger partial charge < -0.3 is 15.7 Å². The number of hydrogen-bond acceptors (Lipinski definition) is 4. The van der Waals surface area contributed by atoms with Crippen LogP contribution in [0.4, 0.5) is 5.69 Å². The quantitative estimate of drug-likeness (QED) is 0.711. The van der Waals surface area contributed by atoms with Crippen molar-refractivity contribution in [3.05, 3.63) is 23.8 Å². The number of rotatable bonds is 8. The maximum Gasteiger partial charge on any atom is 0.0447 e. The first-order valence-corrected chi connectivity index (χ1v) is 7.57. The molecule has 0 fully saturated rings. The highest BCUT2D eigenvalue weighted by Crippen LogP contribution is 2.30. The van der Waals surface area contributed by atoms with E-state index in [4.69, 9.17) is 10.8 Å². The van der Waals surface area contributed by atoms with Gasteiger partial charge in [0.15, 0.2) is 0 Å². The first kappa shape index (κ1) is 15.3. The number of thioether (sulfide) groups is 1. The number of anilines is 1. The first-order chi connectivity index (χ1) is 8.78. The van der Waals surface area contributed by atoms with Gasteiger partial charge in [0, 0.05) is 42.4 Å². The lowest BCUT2D eigenvalue weighted by Gasteiger charge is -2.26. The number of nitrogens with two attached hydrogens (primary N) is 1. The molecule has 3 nitrogen and oxygen atoms in total. The summed E-state index contributed by atoms with van der Waals surface area (Å²) in [6.07, 6.45) is 0.795. The lowest BCUT2D eigenvalue weighted by Crippen LogP contribution is -2.26. The third kappa shape index (κ3) is 3.90. The van der Waals surface area contributed by atoms with Gasteiger partial charge in [0.25, 0.3) is 0 Å². The lowest BCUT2D eigenvalue weighted by atomic mass is 10.1. The molecule has 0 unspecified atom stereocenters. The SMILES string of the molecule is CCSc1cccc(N(CC)CCCO)c1CN. The third-order valence-corrected chi connectivity index (χ3v) is 3.90. The van der Waals surface area contributed by atoms with Gasteiger partial charge in [-0.05, 0) is 31.2 Å². The zero-order chi connectivity index (χ0) is 13.4. The van der Waals surface area contributed by atoms with Crippen molar-refractivity contribution in [3.63, 3.8) is 0 Å². The Morgan fingerprint density at radius 3 is 2.67 bits per heavy atom. The highest BCUT2D eigenvalue weighted by molar-refractivity contribution is 7.99. The summed E-state index contributed by atoms with van der Waals surface area (Å²) in [5, 5.41) is 8.97. The number of benzene rings is 1. The molecule has 0 atom stereocenters. The molecule has 102 valence electrons. The molecule has 3 N–H and O–H groups in total. The zero-order valence-electron chi connectivity index (χ0n) is 11.4. The minimum absolute atomic E-state index is 0.234. The second kappa shape index (κ2) is 8.40. The van der Waals surface area contributed by atoms with E-state index in [0.29, 0.717) is 6.54 Å². The van der Waals surface area contributed by atoms with Crippen LogP contribution in [0.3, 0.4) is 0 Å². The van der Waals surface area contributed by atoms with E-state index in [0.717, 1.165) is 25.3 Å². The van der Waals surface area contributed by atoms with Crippen molar-refractivity contribution in [1.82, 2.24) is 0 Å². The Morgan fingerprint density at radius 2 is 2.11 bits per heavy atom. The summed E-state index contributed by atoms with van der Waals surface area (Å²) in [5.41, 5.74) is 8.35. The summed E-state index contributed by atoms with van der Waals surface area (Å²) in [6.45, 7) is 6.90. The largest absolute Gasteiger partial charge is 0.396 e. The number of aliphatic hydroxyl groups is 1. The molecule has 0 amide bonds. The molecule has 0 bridgehead atoms. The van der Waals surface area contributed by atoms with Crippen LogP contribution in [0.2, 0.25) is 0 Å². The van der Waals surface area contributed by atoms with Crippen LogP contribution >= 0.6 is 11.8 Å². The molecule has 0 spiro atoms. The third-order valence-electron chi connectivity index (χ3n) is 2.92. The van der Waals surface area contributed by atoms with Gasteiger partial charge in [-0.15, -0.1) is 11.8 Å². The van der Waals surface area contributed by atoms with Crippen molar-refractivity contribution in [2.45, 2.75) is 31.7 Å². The molecule has 0 radical (unpaired) electrons. The topological polar surface area (TPSA) is 49.5 Å². The number of nitrogens with zero attached hydrogens (tertiary/aromatic N) is 1. The second-order valence-electron chi connectivity index (χ2n) is 4.05. The molecule has 18 heavy (non-hydrogen) atoms. The van der Waals surface area contributed by atoms with Crippen molar-refractivity contribution in [1.29, 1.82) is 0 Å². The van der Waals surface area contributed by atoms with Crippen LogP contribution in [-0.4, -0.2) is 30.6 Å². The van der Waals surface area contributed by atoms with E-state index in [9.17, 15) is 0 Å². The van der Waals surface area contributed by atoms with Crippen LogP contribution in [-0.2, 0) is 6.54 Å². The fourth-order valence-electron chi connectivity index (χ4n) is 2.06. The zero-order valence-corrected chi connectivity index (χ0v) is 12.2. The van der Waals surface area contributed by atoms with Gasteiger partial charge in [-0.3, -0.25) is 0 Å². The minimum Gasteiger partial charge on any atom is -0.396 e. The Labute approximate surface area is 114 Å². The van der Waals surface area contributed by atoms with E-state index < -0.39 is 0 Å². The lowest BCUT2D eigenvalue weighted by molar-refractivity contribution is 0.289. The van der Waals surface area contributed by atoms with Crippen molar-refractivity contribution >= 4 is 17.4 Å². The average molecular weight is 268 g/mol. The summed E-state index contributed by atoms with van der Waals surface area (Å²) in [4.78, 5) is 3.57. The van der Waals surface area contributed by atoms with E-state index in [2.05, 4.69) is 36.9 Å². The standard InChI is InChI=1S/C14H24N2OS/c1-3-16(9-6-10-17)13-7-5-8-14(18-4-2)12(13)11-15/h5,7-8,17H,3-4,6,9-11,15H2,1-2H3. The number of aliphatic hydroxyl groups excluding tert-OH is 1. The Kier molecular flexibility index (Phi) is 7.16. The Morgan fingerprint density at radius 1 is 1.33 bits per heavy atom. The van der Waals surface area contributed by atoms with Crippen molar-refractivity contribution in [3.8, 4) is 0 Å². The predicted molar refractivity (Wildman–Crippen MR) is 80.3 cm³/mol. The number of hydrogen-bond donors (Lipinski definition) is 2.